The number of ether oxygens (including phenoxy) is 1. The maximum absolute atomic E-state index is 12.4. The molecule has 2 aliphatic heterocycles. The van der Waals surface area contributed by atoms with E-state index in [0.717, 1.165) is 25.3 Å². The van der Waals surface area contributed by atoms with E-state index in [9.17, 15) is 4.79 Å². The van der Waals surface area contributed by atoms with Gasteiger partial charge in [-0.1, -0.05) is 31.0 Å². The molecule has 120 valence electrons. The number of hydrogen-bond donors (Lipinski definition) is 0. The summed E-state index contributed by atoms with van der Waals surface area (Å²) in [4.78, 5) is 16.5. The van der Waals surface area contributed by atoms with E-state index in [-0.39, 0.29) is 12.0 Å². The Kier molecular flexibility index (Phi) is 4.98. The Morgan fingerprint density at radius 1 is 1.23 bits per heavy atom. The second-order valence-electron chi connectivity index (χ2n) is 6.52. The van der Waals surface area contributed by atoms with Gasteiger partial charge in [0.15, 0.2) is 0 Å². The van der Waals surface area contributed by atoms with Gasteiger partial charge < -0.3 is 9.64 Å². The van der Waals surface area contributed by atoms with Crippen molar-refractivity contribution < 1.29 is 9.53 Å². The molecule has 4 nitrogen and oxygen atoms in total. The molecular weight excluding hydrogens is 276 g/mol. The number of rotatable bonds is 4. The van der Waals surface area contributed by atoms with Crippen molar-refractivity contribution in [3.63, 3.8) is 0 Å². The zero-order valence-electron chi connectivity index (χ0n) is 13.5. The molecule has 0 saturated carbocycles. The number of likely N-dealkylation sites (tertiary alicyclic amines) is 1. The van der Waals surface area contributed by atoms with Gasteiger partial charge in [-0.3, -0.25) is 9.69 Å². The number of amides is 1. The van der Waals surface area contributed by atoms with Gasteiger partial charge in [-0.2, -0.15) is 0 Å². The van der Waals surface area contributed by atoms with Gasteiger partial charge in [0.1, 0.15) is 11.9 Å². The monoisotopic (exact) mass is 302 g/mol. The smallest absolute Gasteiger partial charge is 0.236 e. The van der Waals surface area contributed by atoms with E-state index >= 15 is 0 Å². The molecule has 0 radical (unpaired) electrons. The van der Waals surface area contributed by atoms with Crippen molar-refractivity contribution in [2.75, 3.05) is 33.2 Å². The SMILES string of the molecule is CN(CC1Cc2ccccc2O1)C(=O)CN1CCCCCC1. The van der Waals surface area contributed by atoms with Gasteiger partial charge in [0.2, 0.25) is 5.91 Å². The van der Waals surface area contributed by atoms with E-state index in [4.69, 9.17) is 4.74 Å². The van der Waals surface area contributed by atoms with Crippen molar-refractivity contribution in [1.82, 2.24) is 9.80 Å². The summed E-state index contributed by atoms with van der Waals surface area (Å²) >= 11 is 0. The van der Waals surface area contributed by atoms with Crippen LogP contribution in [0, 0.1) is 0 Å². The number of benzene rings is 1. The topological polar surface area (TPSA) is 32.8 Å². The number of carbonyl (C=O) groups is 1. The number of likely N-dealkylation sites (N-methyl/N-ethyl adjacent to an activating group) is 1. The average molecular weight is 302 g/mol. The minimum absolute atomic E-state index is 0.0930. The normalized spacial score (nSPS) is 21.8. The molecule has 3 rings (SSSR count). The Labute approximate surface area is 133 Å². The molecule has 2 heterocycles. The highest BCUT2D eigenvalue weighted by Crippen LogP contribution is 2.28. The zero-order chi connectivity index (χ0) is 15.4. The largest absolute Gasteiger partial charge is 0.488 e. The lowest BCUT2D eigenvalue weighted by atomic mass is 10.1. The summed E-state index contributed by atoms with van der Waals surface area (Å²) in [7, 11) is 1.90. The van der Waals surface area contributed by atoms with Crippen molar-refractivity contribution in [2.24, 2.45) is 0 Å². The maximum atomic E-state index is 12.4. The van der Waals surface area contributed by atoms with E-state index in [2.05, 4.69) is 11.0 Å². The number of nitrogens with zero attached hydrogens (tertiary/aromatic N) is 2. The molecule has 0 spiro atoms. The molecule has 0 bridgehead atoms. The Morgan fingerprint density at radius 2 is 1.95 bits per heavy atom. The summed E-state index contributed by atoms with van der Waals surface area (Å²) in [5, 5.41) is 0. The third kappa shape index (κ3) is 3.80. The first-order valence-electron chi connectivity index (χ1n) is 8.43. The summed E-state index contributed by atoms with van der Waals surface area (Å²) < 4.78 is 5.93. The van der Waals surface area contributed by atoms with E-state index in [1.807, 2.05) is 30.1 Å². The van der Waals surface area contributed by atoms with Crippen LogP contribution in [0.3, 0.4) is 0 Å². The predicted molar refractivity (Wildman–Crippen MR) is 87.1 cm³/mol. The number of fused-ring (bicyclic) bond motifs is 1. The molecule has 2 aliphatic rings. The highest BCUT2D eigenvalue weighted by atomic mass is 16.5. The predicted octanol–water partition coefficient (Wildman–Crippen LogP) is 2.32. The lowest BCUT2D eigenvalue weighted by molar-refractivity contribution is -0.132. The van der Waals surface area contributed by atoms with Crippen molar-refractivity contribution in [3.05, 3.63) is 29.8 Å². The lowest BCUT2D eigenvalue weighted by Crippen LogP contribution is -2.42. The maximum Gasteiger partial charge on any atom is 0.236 e. The second-order valence-corrected chi connectivity index (χ2v) is 6.52. The first-order chi connectivity index (χ1) is 10.7. The summed E-state index contributed by atoms with van der Waals surface area (Å²) in [6.07, 6.45) is 6.03. The van der Waals surface area contributed by atoms with Crippen LogP contribution < -0.4 is 4.74 Å². The average Bonchev–Trinajstić information content (AvgIpc) is 2.74. The van der Waals surface area contributed by atoms with E-state index in [1.165, 1.54) is 31.2 Å². The lowest BCUT2D eigenvalue weighted by Gasteiger charge is -2.25. The molecule has 0 aliphatic carbocycles. The van der Waals surface area contributed by atoms with E-state index in [1.54, 1.807) is 0 Å². The van der Waals surface area contributed by atoms with Gasteiger partial charge in [0.05, 0.1) is 13.1 Å². The third-order valence-electron chi connectivity index (χ3n) is 4.67. The summed E-state index contributed by atoms with van der Waals surface area (Å²) in [5.41, 5.74) is 1.25. The van der Waals surface area contributed by atoms with Crippen LogP contribution in [-0.4, -0.2) is 55.0 Å². The molecule has 1 fully saturated rings. The van der Waals surface area contributed by atoms with Gasteiger partial charge in [-0.15, -0.1) is 0 Å². The van der Waals surface area contributed by atoms with Crippen molar-refractivity contribution in [2.45, 2.75) is 38.2 Å². The van der Waals surface area contributed by atoms with Crippen LogP contribution in [0.15, 0.2) is 24.3 Å². The van der Waals surface area contributed by atoms with Crippen LogP contribution >= 0.6 is 0 Å². The minimum Gasteiger partial charge on any atom is -0.488 e. The van der Waals surface area contributed by atoms with Crippen LogP contribution in [0.4, 0.5) is 0 Å². The molecule has 0 aromatic heterocycles. The van der Waals surface area contributed by atoms with E-state index < -0.39 is 0 Å². The Balaban J connectivity index is 1.47. The molecule has 1 aromatic carbocycles. The first kappa shape index (κ1) is 15.3. The first-order valence-corrected chi connectivity index (χ1v) is 8.43. The highest BCUT2D eigenvalue weighted by Gasteiger charge is 2.25. The van der Waals surface area contributed by atoms with E-state index in [0.29, 0.717) is 13.1 Å². The van der Waals surface area contributed by atoms with Crippen molar-refractivity contribution >= 4 is 5.91 Å². The van der Waals surface area contributed by atoms with Crippen molar-refractivity contribution in [1.29, 1.82) is 0 Å². The van der Waals surface area contributed by atoms with Gasteiger partial charge in [-0.25, -0.2) is 0 Å². The molecule has 4 heteroatoms. The van der Waals surface area contributed by atoms with Crippen LogP contribution in [0.5, 0.6) is 5.75 Å². The number of hydrogen-bond acceptors (Lipinski definition) is 3. The summed E-state index contributed by atoms with van der Waals surface area (Å²) in [6, 6.07) is 8.15. The van der Waals surface area contributed by atoms with Gasteiger partial charge in [0, 0.05) is 13.5 Å². The molecule has 1 unspecified atom stereocenters. The van der Waals surface area contributed by atoms with Crippen molar-refractivity contribution in [3.8, 4) is 5.75 Å². The zero-order valence-corrected chi connectivity index (χ0v) is 13.5. The van der Waals surface area contributed by atoms with Gasteiger partial charge >= 0.3 is 0 Å². The highest BCUT2D eigenvalue weighted by molar-refractivity contribution is 5.78. The molecule has 1 atom stereocenters. The Morgan fingerprint density at radius 3 is 2.68 bits per heavy atom. The fraction of sp³-hybridized carbons (Fsp3) is 0.611. The molecule has 1 saturated heterocycles. The van der Waals surface area contributed by atoms with Crippen LogP contribution in [0.25, 0.3) is 0 Å². The molecule has 1 amide bonds. The number of para-hydroxylation sites is 1. The minimum atomic E-state index is 0.0930. The van der Waals surface area contributed by atoms with Crippen LogP contribution in [0.1, 0.15) is 31.2 Å². The third-order valence-corrected chi connectivity index (χ3v) is 4.67. The fourth-order valence-corrected chi connectivity index (χ4v) is 3.37. The molecule has 22 heavy (non-hydrogen) atoms. The van der Waals surface area contributed by atoms with Gasteiger partial charge in [-0.05, 0) is 37.6 Å². The fourth-order valence-electron chi connectivity index (χ4n) is 3.37. The Hall–Kier alpha value is -1.55. The molecule has 1 aromatic rings. The van der Waals surface area contributed by atoms with Crippen LogP contribution in [0.2, 0.25) is 0 Å². The second kappa shape index (κ2) is 7.14. The summed E-state index contributed by atoms with van der Waals surface area (Å²) in [5.74, 6) is 1.18. The standard InChI is InChI=1S/C18H26N2O2/c1-19(18(21)14-20-10-6-2-3-7-11-20)13-16-12-15-8-4-5-9-17(15)22-16/h4-5,8-9,16H,2-3,6-7,10-14H2,1H3. The number of carbonyl (C=O) groups excluding carboxylic acids is 1. The van der Waals surface area contributed by atoms with Crippen LogP contribution in [-0.2, 0) is 11.2 Å². The molecule has 0 N–H and O–H groups in total. The Bertz CT molecular complexity index is 485. The molecular formula is C18H26N2O2. The quantitative estimate of drug-likeness (QED) is 0.856. The van der Waals surface area contributed by atoms with Gasteiger partial charge in [0.25, 0.3) is 0 Å². The summed E-state index contributed by atoms with van der Waals surface area (Å²) in [6.45, 7) is 3.34.